The van der Waals surface area contributed by atoms with Crippen molar-refractivity contribution in [1.29, 1.82) is 0 Å². The van der Waals surface area contributed by atoms with Crippen LogP contribution in [0.5, 0.6) is 0 Å². The predicted octanol–water partition coefficient (Wildman–Crippen LogP) is 3.88. The van der Waals surface area contributed by atoms with Crippen molar-refractivity contribution in [2.75, 3.05) is 4.84 Å². The second-order valence-electron chi connectivity index (χ2n) is 2.28. The van der Waals surface area contributed by atoms with Gasteiger partial charge in [-0.05, 0) is 40.8 Å². The average molecular weight is 321 g/mol. The van der Waals surface area contributed by atoms with Gasteiger partial charge in [0.25, 0.3) is 0 Å². The number of hydrogen-bond acceptors (Lipinski definition) is 1. The molecule has 0 unspecified atom stereocenters. The molecule has 0 saturated carbocycles. The molecule has 0 radical (unpaired) electrons. The van der Waals surface area contributed by atoms with Crippen molar-refractivity contribution >= 4 is 40.1 Å². The van der Waals surface area contributed by atoms with Crippen LogP contribution in [0, 0.1) is 3.57 Å². The summed E-state index contributed by atoms with van der Waals surface area (Å²) in [5, 5.41) is 0. The SMILES string of the molecule is FC(F)(F)c1cc(I)ccc1NCl. The second kappa shape index (κ2) is 3.91. The average Bonchev–Trinajstić information content (AvgIpc) is 2.03. The fourth-order valence-electron chi connectivity index (χ4n) is 0.833. The number of benzene rings is 1. The van der Waals surface area contributed by atoms with Crippen molar-refractivity contribution in [3.05, 3.63) is 27.3 Å². The van der Waals surface area contributed by atoms with Gasteiger partial charge in [-0.2, -0.15) is 13.2 Å². The van der Waals surface area contributed by atoms with Gasteiger partial charge < -0.3 is 0 Å². The van der Waals surface area contributed by atoms with Gasteiger partial charge in [0.05, 0.1) is 11.3 Å². The molecule has 0 bridgehead atoms. The van der Waals surface area contributed by atoms with Gasteiger partial charge in [0, 0.05) is 15.3 Å². The molecule has 0 spiro atoms. The van der Waals surface area contributed by atoms with E-state index in [1.807, 2.05) is 27.4 Å². The molecule has 1 aromatic rings. The Morgan fingerprint density at radius 1 is 1.31 bits per heavy atom. The Labute approximate surface area is 91.5 Å². The number of anilines is 1. The Morgan fingerprint density at radius 2 is 1.92 bits per heavy atom. The lowest BCUT2D eigenvalue weighted by Gasteiger charge is -2.11. The summed E-state index contributed by atoms with van der Waals surface area (Å²) in [4.78, 5) is 1.98. The molecule has 0 heterocycles. The van der Waals surface area contributed by atoms with E-state index in [9.17, 15) is 13.2 Å². The molecule has 1 aromatic carbocycles. The van der Waals surface area contributed by atoms with Crippen molar-refractivity contribution in [2.24, 2.45) is 0 Å². The highest BCUT2D eigenvalue weighted by atomic mass is 127. The fourth-order valence-corrected chi connectivity index (χ4v) is 1.49. The third-order valence-corrected chi connectivity index (χ3v) is 2.26. The Balaban J connectivity index is 3.24. The highest BCUT2D eigenvalue weighted by molar-refractivity contribution is 14.1. The van der Waals surface area contributed by atoms with Gasteiger partial charge in [-0.3, -0.25) is 4.84 Å². The van der Waals surface area contributed by atoms with E-state index in [0.29, 0.717) is 3.57 Å². The van der Waals surface area contributed by atoms with Crippen LogP contribution in [0.15, 0.2) is 18.2 Å². The first kappa shape index (κ1) is 10.9. The lowest BCUT2D eigenvalue weighted by atomic mass is 10.2. The number of nitrogens with one attached hydrogen (secondary N) is 1. The Morgan fingerprint density at radius 3 is 2.38 bits per heavy atom. The number of halogens is 5. The molecule has 0 atom stereocenters. The predicted molar refractivity (Wildman–Crippen MR) is 53.6 cm³/mol. The van der Waals surface area contributed by atoms with Crippen LogP contribution in [0.4, 0.5) is 18.9 Å². The molecule has 72 valence electrons. The first-order valence-electron chi connectivity index (χ1n) is 3.18. The van der Waals surface area contributed by atoms with E-state index in [-0.39, 0.29) is 5.69 Å². The summed E-state index contributed by atoms with van der Waals surface area (Å²) in [6.45, 7) is 0. The first-order chi connectivity index (χ1) is 5.95. The van der Waals surface area contributed by atoms with Crippen LogP contribution in [-0.4, -0.2) is 0 Å². The standard InChI is InChI=1S/C7H4ClF3IN/c8-13-6-2-1-4(12)3-5(6)7(9,10)11/h1-3,13H. The smallest absolute Gasteiger partial charge is 0.298 e. The highest BCUT2D eigenvalue weighted by Gasteiger charge is 2.33. The molecule has 1 nitrogen and oxygen atoms in total. The molecule has 1 rings (SSSR count). The number of alkyl halides is 3. The van der Waals surface area contributed by atoms with E-state index in [1.165, 1.54) is 6.07 Å². The second-order valence-corrected chi connectivity index (χ2v) is 3.72. The summed E-state index contributed by atoms with van der Waals surface area (Å²) in [5.41, 5.74) is -0.885. The summed E-state index contributed by atoms with van der Waals surface area (Å²) in [6, 6.07) is 3.86. The molecule has 6 heteroatoms. The lowest BCUT2D eigenvalue weighted by molar-refractivity contribution is -0.136. The van der Waals surface area contributed by atoms with Crippen molar-refractivity contribution in [3.8, 4) is 0 Å². The minimum absolute atomic E-state index is 0.130. The Bertz CT molecular complexity index is 313. The number of hydrogen-bond donors (Lipinski definition) is 1. The molecule has 0 fully saturated rings. The van der Waals surface area contributed by atoms with Gasteiger partial charge in [-0.25, -0.2) is 0 Å². The molecule has 0 aliphatic rings. The first-order valence-corrected chi connectivity index (χ1v) is 4.64. The van der Waals surface area contributed by atoms with Gasteiger partial charge in [-0.1, -0.05) is 0 Å². The molecule has 0 saturated heterocycles. The summed E-state index contributed by atoms with van der Waals surface area (Å²) in [5.74, 6) is 0. The third kappa shape index (κ3) is 2.63. The van der Waals surface area contributed by atoms with Crippen molar-refractivity contribution in [2.45, 2.75) is 6.18 Å². The maximum Gasteiger partial charge on any atom is 0.418 e. The zero-order valence-corrected chi connectivity index (χ0v) is 9.04. The van der Waals surface area contributed by atoms with E-state index in [1.54, 1.807) is 6.07 Å². The van der Waals surface area contributed by atoms with Crippen molar-refractivity contribution in [1.82, 2.24) is 0 Å². The minimum atomic E-state index is -4.38. The van der Waals surface area contributed by atoms with Gasteiger partial charge in [0.2, 0.25) is 0 Å². The van der Waals surface area contributed by atoms with Crippen LogP contribution < -0.4 is 4.84 Å². The van der Waals surface area contributed by atoms with E-state index >= 15 is 0 Å². The summed E-state index contributed by atoms with van der Waals surface area (Å²) < 4.78 is 37.5. The van der Waals surface area contributed by atoms with Gasteiger partial charge in [0.1, 0.15) is 0 Å². The fraction of sp³-hybridized carbons (Fsp3) is 0.143. The molecule has 0 aliphatic carbocycles. The van der Waals surface area contributed by atoms with E-state index in [2.05, 4.69) is 0 Å². The Hall–Kier alpha value is -0.170. The maximum absolute atomic E-state index is 12.3. The summed E-state index contributed by atoms with van der Waals surface area (Å²) in [6.07, 6.45) is -4.38. The van der Waals surface area contributed by atoms with Gasteiger partial charge in [-0.15, -0.1) is 0 Å². The van der Waals surface area contributed by atoms with E-state index in [0.717, 1.165) is 6.07 Å². The summed E-state index contributed by atoms with van der Waals surface area (Å²) >= 11 is 6.95. The van der Waals surface area contributed by atoms with Crippen LogP contribution in [0.1, 0.15) is 5.56 Å². The van der Waals surface area contributed by atoms with Crippen LogP contribution in [0.3, 0.4) is 0 Å². The number of rotatable bonds is 1. The molecule has 1 N–H and O–H groups in total. The lowest BCUT2D eigenvalue weighted by Crippen LogP contribution is -2.07. The highest BCUT2D eigenvalue weighted by Crippen LogP contribution is 2.35. The minimum Gasteiger partial charge on any atom is -0.298 e. The van der Waals surface area contributed by atoms with Crippen LogP contribution in [0.2, 0.25) is 0 Å². The zero-order valence-electron chi connectivity index (χ0n) is 6.12. The molecule has 0 aromatic heterocycles. The quantitative estimate of drug-likeness (QED) is 0.611. The topological polar surface area (TPSA) is 12.0 Å². The molecular weight excluding hydrogens is 317 g/mol. The van der Waals surface area contributed by atoms with Crippen molar-refractivity contribution < 1.29 is 13.2 Å². The normalized spacial score (nSPS) is 11.5. The largest absolute Gasteiger partial charge is 0.418 e. The van der Waals surface area contributed by atoms with Gasteiger partial charge in [0.15, 0.2) is 0 Å². The van der Waals surface area contributed by atoms with Crippen LogP contribution in [0.25, 0.3) is 0 Å². The van der Waals surface area contributed by atoms with Crippen LogP contribution in [-0.2, 0) is 6.18 Å². The molecule has 0 amide bonds. The van der Waals surface area contributed by atoms with Gasteiger partial charge >= 0.3 is 6.18 Å². The molecule has 0 aliphatic heterocycles. The third-order valence-electron chi connectivity index (χ3n) is 1.39. The zero-order chi connectivity index (χ0) is 10.1. The monoisotopic (exact) mass is 321 g/mol. The Kier molecular flexibility index (Phi) is 3.28. The maximum atomic E-state index is 12.3. The van der Waals surface area contributed by atoms with E-state index < -0.39 is 11.7 Å². The summed E-state index contributed by atoms with van der Waals surface area (Å²) in [7, 11) is 0. The molecular formula is C7H4ClF3IN. The van der Waals surface area contributed by atoms with Crippen molar-refractivity contribution in [3.63, 3.8) is 0 Å². The van der Waals surface area contributed by atoms with E-state index in [4.69, 9.17) is 11.8 Å². The van der Waals surface area contributed by atoms with Crippen LogP contribution >= 0.6 is 34.4 Å². The molecule has 13 heavy (non-hydrogen) atoms.